The number of esters is 1. The molecule has 8 nitrogen and oxygen atoms in total. The molecule has 1 heterocycles. The van der Waals surface area contributed by atoms with E-state index in [9.17, 15) is 24.3 Å². The lowest BCUT2D eigenvalue weighted by Gasteiger charge is -2.45. The fourth-order valence-corrected chi connectivity index (χ4v) is 3.53. The first-order valence-electron chi connectivity index (χ1n) is 9.71. The molecule has 1 aliphatic rings. The first-order chi connectivity index (χ1) is 14.9. The Morgan fingerprint density at radius 3 is 2.41 bits per heavy atom. The van der Waals surface area contributed by atoms with E-state index in [1.165, 1.54) is 52.0 Å². The maximum atomic E-state index is 13.5. The van der Waals surface area contributed by atoms with Crippen LogP contribution in [0.15, 0.2) is 36.4 Å². The summed E-state index contributed by atoms with van der Waals surface area (Å²) in [4.78, 5) is 49.5. The van der Waals surface area contributed by atoms with Crippen LogP contribution in [-0.2, 0) is 16.1 Å². The van der Waals surface area contributed by atoms with Gasteiger partial charge in [-0.2, -0.15) is 0 Å². The second-order valence-electron chi connectivity index (χ2n) is 7.96. The standard InChI is InChI=1S/C23H22ClNO7/c1-12(26)15-8-16(11-31-13(2)27)19-18(10-15)20(28)23(30,22(3,4)32-19)25-21(29)14-6-5-7-17(24)9-14/h5-10,30H,11H2,1-4H3,(H,25,29)/t23-/m1/s1. The third kappa shape index (κ3) is 4.24. The molecule has 0 unspecified atom stereocenters. The van der Waals surface area contributed by atoms with Crippen LogP contribution in [0.3, 0.4) is 0 Å². The summed E-state index contributed by atoms with van der Waals surface area (Å²) in [5.41, 5.74) is -3.62. The highest BCUT2D eigenvalue weighted by Crippen LogP contribution is 2.41. The number of benzene rings is 2. The van der Waals surface area contributed by atoms with Gasteiger partial charge in [0.2, 0.25) is 11.5 Å². The monoisotopic (exact) mass is 459 g/mol. The molecule has 0 saturated heterocycles. The van der Waals surface area contributed by atoms with Crippen molar-refractivity contribution in [3.05, 3.63) is 63.7 Å². The average molecular weight is 460 g/mol. The average Bonchev–Trinajstić information content (AvgIpc) is 2.70. The number of ketones is 2. The topological polar surface area (TPSA) is 119 Å². The number of Topliss-reactive ketones (excluding diaryl/α,β-unsaturated/α-hetero) is 2. The highest BCUT2D eigenvalue weighted by atomic mass is 35.5. The molecule has 2 aromatic carbocycles. The lowest BCUT2D eigenvalue weighted by molar-refractivity contribution is -0.142. The normalized spacial score (nSPS) is 18.9. The smallest absolute Gasteiger partial charge is 0.302 e. The predicted octanol–water partition coefficient (Wildman–Crippen LogP) is 3.08. The van der Waals surface area contributed by atoms with Gasteiger partial charge in [-0.25, -0.2) is 0 Å². The van der Waals surface area contributed by atoms with Crippen LogP contribution in [0.2, 0.25) is 5.02 Å². The zero-order valence-electron chi connectivity index (χ0n) is 17.9. The first-order valence-corrected chi connectivity index (χ1v) is 10.1. The van der Waals surface area contributed by atoms with Crippen LogP contribution in [0.4, 0.5) is 0 Å². The van der Waals surface area contributed by atoms with E-state index < -0.39 is 29.0 Å². The van der Waals surface area contributed by atoms with Crippen molar-refractivity contribution in [3.63, 3.8) is 0 Å². The predicted molar refractivity (Wildman–Crippen MR) is 115 cm³/mol. The molecule has 0 aliphatic carbocycles. The van der Waals surface area contributed by atoms with Crippen molar-refractivity contribution in [2.24, 2.45) is 0 Å². The summed E-state index contributed by atoms with van der Waals surface area (Å²) < 4.78 is 11.0. The molecule has 0 fully saturated rings. The number of ether oxygens (including phenoxy) is 2. The lowest BCUT2D eigenvalue weighted by Crippen LogP contribution is -2.70. The van der Waals surface area contributed by atoms with Gasteiger partial charge in [0.1, 0.15) is 12.4 Å². The molecule has 0 radical (unpaired) electrons. The Hall–Kier alpha value is -3.23. The summed E-state index contributed by atoms with van der Waals surface area (Å²) in [6.07, 6.45) is 0. The number of halogens is 1. The van der Waals surface area contributed by atoms with Gasteiger partial charge in [0.15, 0.2) is 11.4 Å². The lowest BCUT2D eigenvalue weighted by atomic mass is 9.81. The van der Waals surface area contributed by atoms with Crippen LogP contribution in [-0.4, -0.2) is 39.9 Å². The summed E-state index contributed by atoms with van der Waals surface area (Å²) in [6, 6.07) is 8.74. The van der Waals surface area contributed by atoms with Crippen molar-refractivity contribution in [2.45, 2.75) is 45.6 Å². The molecule has 2 aromatic rings. The number of amides is 1. The van der Waals surface area contributed by atoms with Gasteiger partial charge >= 0.3 is 5.97 Å². The van der Waals surface area contributed by atoms with Gasteiger partial charge in [-0.3, -0.25) is 19.2 Å². The van der Waals surface area contributed by atoms with E-state index in [0.29, 0.717) is 5.02 Å². The molecule has 1 atom stereocenters. The Kier molecular flexibility index (Phi) is 6.13. The van der Waals surface area contributed by atoms with Gasteiger partial charge in [-0.1, -0.05) is 17.7 Å². The number of carbonyl (C=O) groups is 4. The highest BCUT2D eigenvalue weighted by molar-refractivity contribution is 6.31. The summed E-state index contributed by atoms with van der Waals surface area (Å²) in [7, 11) is 0. The van der Waals surface area contributed by atoms with Crippen LogP contribution in [0.5, 0.6) is 5.75 Å². The second-order valence-corrected chi connectivity index (χ2v) is 8.40. The van der Waals surface area contributed by atoms with E-state index in [1.54, 1.807) is 12.1 Å². The maximum absolute atomic E-state index is 13.5. The van der Waals surface area contributed by atoms with E-state index in [-0.39, 0.29) is 40.4 Å². The Morgan fingerprint density at radius 2 is 1.81 bits per heavy atom. The zero-order chi connectivity index (χ0) is 23.8. The molecule has 1 aliphatic heterocycles. The van der Waals surface area contributed by atoms with E-state index in [4.69, 9.17) is 21.1 Å². The quantitative estimate of drug-likeness (QED) is 0.400. The molecule has 32 heavy (non-hydrogen) atoms. The maximum Gasteiger partial charge on any atom is 0.302 e. The van der Waals surface area contributed by atoms with Crippen LogP contribution in [0.1, 0.15) is 64.3 Å². The third-order valence-electron chi connectivity index (χ3n) is 5.19. The van der Waals surface area contributed by atoms with Crippen molar-refractivity contribution < 1.29 is 33.8 Å². The molecular formula is C23H22ClNO7. The number of aliphatic hydroxyl groups is 1. The number of nitrogens with one attached hydrogen (secondary N) is 1. The molecule has 0 aromatic heterocycles. The van der Waals surface area contributed by atoms with Crippen molar-refractivity contribution >= 4 is 35.0 Å². The molecule has 9 heteroatoms. The fourth-order valence-electron chi connectivity index (χ4n) is 3.34. The van der Waals surface area contributed by atoms with Gasteiger partial charge in [0.05, 0.1) is 5.56 Å². The van der Waals surface area contributed by atoms with Gasteiger partial charge in [0.25, 0.3) is 5.91 Å². The van der Waals surface area contributed by atoms with Crippen LogP contribution >= 0.6 is 11.6 Å². The fraction of sp³-hybridized carbons (Fsp3) is 0.304. The van der Waals surface area contributed by atoms with Crippen LogP contribution in [0.25, 0.3) is 0 Å². The number of hydrogen-bond acceptors (Lipinski definition) is 7. The minimum atomic E-state index is -2.46. The van der Waals surface area contributed by atoms with Crippen molar-refractivity contribution in [1.82, 2.24) is 5.32 Å². The molecule has 2 N–H and O–H groups in total. The van der Waals surface area contributed by atoms with Crippen molar-refractivity contribution in [3.8, 4) is 5.75 Å². The Bertz CT molecular complexity index is 1140. The third-order valence-corrected chi connectivity index (χ3v) is 5.42. The van der Waals surface area contributed by atoms with Gasteiger partial charge in [-0.05, 0) is 51.1 Å². The van der Waals surface area contributed by atoms with Crippen LogP contribution in [0, 0.1) is 0 Å². The Morgan fingerprint density at radius 1 is 1.12 bits per heavy atom. The molecule has 0 bridgehead atoms. The molecule has 168 valence electrons. The molecular weight excluding hydrogens is 438 g/mol. The zero-order valence-corrected chi connectivity index (χ0v) is 18.7. The number of carbonyl (C=O) groups excluding carboxylic acids is 4. The Balaban J connectivity index is 2.08. The number of rotatable bonds is 5. The highest BCUT2D eigenvalue weighted by Gasteiger charge is 2.57. The minimum absolute atomic E-state index is 0.0629. The largest absolute Gasteiger partial charge is 0.481 e. The van der Waals surface area contributed by atoms with E-state index in [1.807, 2.05) is 0 Å². The summed E-state index contributed by atoms with van der Waals surface area (Å²) in [5, 5.41) is 14.0. The number of fused-ring (bicyclic) bond motifs is 1. The first kappa shape index (κ1) is 23.4. The van der Waals surface area contributed by atoms with Crippen LogP contribution < -0.4 is 10.1 Å². The van der Waals surface area contributed by atoms with Crippen molar-refractivity contribution in [1.29, 1.82) is 0 Å². The SMILES string of the molecule is CC(=O)OCc1cc(C(C)=O)cc2c1OC(C)(C)[C@@](O)(NC(=O)c1cccc(Cl)c1)C2=O. The second kappa shape index (κ2) is 8.37. The van der Waals surface area contributed by atoms with Gasteiger partial charge < -0.3 is 19.9 Å². The van der Waals surface area contributed by atoms with E-state index in [2.05, 4.69) is 5.32 Å². The summed E-state index contributed by atoms with van der Waals surface area (Å²) in [6.45, 7) is 5.15. The minimum Gasteiger partial charge on any atom is -0.481 e. The van der Waals surface area contributed by atoms with Gasteiger partial charge in [0, 0.05) is 28.6 Å². The molecule has 0 saturated carbocycles. The Labute approximate surface area is 189 Å². The van der Waals surface area contributed by atoms with E-state index >= 15 is 0 Å². The number of hydrogen-bond donors (Lipinski definition) is 2. The summed E-state index contributed by atoms with van der Waals surface area (Å²) >= 11 is 5.93. The molecule has 3 rings (SSSR count). The molecule has 0 spiro atoms. The summed E-state index contributed by atoms with van der Waals surface area (Å²) in [5.74, 6) is -2.45. The van der Waals surface area contributed by atoms with E-state index in [0.717, 1.165) is 0 Å². The van der Waals surface area contributed by atoms with Crippen molar-refractivity contribution in [2.75, 3.05) is 0 Å². The molecule has 1 amide bonds. The van der Waals surface area contributed by atoms with Gasteiger partial charge in [-0.15, -0.1) is 0 Å².